The molecule has 174 valence electrons. The first kappa shape index (κ1) is 22.1. The number of benzene rings is 2. The van der Waals surface area contributed by atoms with Crippen LogP contribution in [0.3, 0.4) is 0 Å². The summed E-state index contributed by atoms with van der Waals surface area (Å²) in [5.74, 6) is 1.35. The minimum atomic E-state index is -0.469. The van der Waals surface area contributed by atoms with Gasteiger partial charge in [0.2, 0.25) is 0 Å². The van der Waals surface area contributed by atoms with E-state index in [1.165, 1.54) is 37.8 Å². The Morgan fingerprint density at radius 2 is 1.97 bits per heavy atom. The lowest BCUT2D eigenvalue weighted by Gasteiger charge is -2.24. The zero-order chi connectivity index (χ0) is 23.0. The lowest BCUT2D eigenvalue weighted by molar-refractivity contribution is 0.132. The van der Waals surface area contributed by atoms with E-state index in [0.29, 0.717) is 40.7 Å². The number of nitrogens with one attached hydrogen (secondary N) is 1. The maximum absolute atomic E-state index is 13.5. The van der Waals surface area contributed by atoms with Gasteiger partial charge in [0.05, 0.1) is 17.6 Å². The quantitative estimate of drug-likeness (QED) is 0.566. The SMILES string of the molecule is COc1cc2ncnc(Nc3ccc(F)c(Cl)c3)c2cc1OCN1CCC2(CCN(C)C2)C1. The van der Waals surface area contributed by atoms with E-state index in [0.717, 1.165) is 25.0 Å². The molecule has 0 aliphatic carbocycles. The average molecular weight is 472 g/mol. The predicted octanol–water partition coefficient (Wildman–Crippen LogP) is 4.54. The second-order valence-corrected chi connectivity index (χ2v) is 9.47. The van der Waals surface area contributed by atoms with Crippen LogP contribution in [0.4, 0.5) is 15.9 Å². The number of aromatic nitrogens is 2. The molecule has 33 heavy (non-hydrogen) atoms. The molecule has 2 aliphatic heterocycles. The molecule has 7 nitrogen and oxygen atoms in total. The summed E-state index contributed by atoms with van der Waals surface area (Å²) in [4.78, 5) is 13.5. The Balaban J connectivity index is 1.37. The zero-order valence-electron chi connectivity index (χ0n) is 18.8. The Kier molecular flexibility index (Phi) is 5.99. The predicted molar refractivity (Wildman–Crippen MR) is 127 cm³/mol. The van der Waals surface area contributed by atoms with Crippen molar-refractivity contribution in [3.05, 3.63) is 47.5 Å². The van der Waals surface area contributed by atoms with Crippen molar-refractivity contribution < 1.29 is 13.9 Å². The summed E-state index contributed by atoms with van der Waals surface area (Å²) in [7, 11) is 3.82. The van der Waals surface area contributed by atoms with Crippen molar-refractivity contribution in [1.82, 2.24) is 19.8 Å². The smallest absolute Gasteiger partial charge is 0.164 e. The highest BCUT2D eigenvalue weighted by Gasteiger charge is 2.42. The van der Waals surface area contributed by atoms with Crippen LogP contribution in [0.25, 0.3) is 10.9 Å². The van der Waals surface area contributed by atoms with Gasteiger partial charge in [0, 0.05) is 36.8 Å². The molecule has 2 fully saturated rings. The monoisotopic (exact) mass is 471 g/mol. The van der Waals surface area contributed by atoms with E-state index in [1.807, 2.05) is 12.1 Å². The summed E-state index contributed by atoms with van der Waals surface area (Å²) in [5, 5.41) is 4.01. The fourth-order valence-corrected chi connectivity index (χ4v) is 5.12. The Morgan fingerprint density at radius 1 is 1.12 bits per heavy atom. The van der Waals surface area contributed by atoms with Crippen LogP contribution in [-0.2, 0) is 0 Å². The number of halogens is 2. The van der Waals surface area contributed by atoms with Crippen molar-refractivity contribution >= 4 is 34.0 Å². The van der Waals surface area contributed by atoms with Crippen LogP contribution < -0.4 is 14.8 Å². The van der Waals surface area contributed by atoms with E-state index in [9.17, 15) is 4.39 Å². The van der Waals surface area contributed by atoms with Gasteiger partial charge in [0.15, 0.2) is 11.5 Å². The summed E-state index contributed by atoms with van der Waals surface area (Å²) in [6, 6.07) is 8.18. The number of anilines is 2. The number of rotatable bonds is 6. The van der Waals surface area contributed by atoms with Crippen LogP contribution in [0, 0.1) is 11.2 Å². The van der Waals surface area contributed by atoms with Gasteiger partial charge in [-0.3, -0.25) is 4.90 Å². The Morgan fingerprint density at radius 3 is 2.73 bits per heavy atom. The fraction of sp³-hybridized carbons (Fsp3) is 0.417. The molecule has 0 amide bonds. The largest absolute Gasteiger partial charge is 0.493 e. The van der Waals surface area contributed by atoms with Crippen molar-refractivity contribution in [2.24, 2.45) is 5.41 Å². The number of likely N-dealkylation sites (tertiary alicyclic amines) is 2. The normalized spacial score (nSPS) is 21.2. The summed E-state index contributed by atoms with van der Waals surface area (Å²) in [6.07, 6.45) is 3.93. The van der Waals surface area contributed by atoms with Gasteiger partial charge in [0.1, 0.15) is 24.7 Å². The van der Waals surface area contributed by atoms with Crippen LogP contribution in [0.2, 0.25) is 5.02 Å². The Labute approximate surface area is 197 Å². The molecule has 0 saturated carbocycles. The molecule has 2 saturated heterocycles. The Hall–Kier alpha value is -2.68. The molecule has 1 N–H and O–H groups in total. The van der Waals surface area contributed by atoms with Gasteiger partial charge in [-0.2, -0.15) is 0 Å². The van der Waals surface area contributed by atoms with E-state index in [1.54, 1.807) is 13.2 Å². The summed E-state index contributed by atoms with van der Waals surface area (Å²) in [6.45, 7) is 4.90. The van der Waals surface area contributed by atoms with Crippen LogP contribution in [0.1, 0.15) is 12.8 Å². The molecule has 1 aromatic heterocycles. The topological polar surface area (TPSA) is 62.8 Å². The van der Waals surface area contributed by atoms with Crippen molar-refractivity contribution in [3.63, 3.8) is 0 Å². The van der Waals surface area contributed by atoms with Gasteiger partial charge in [-0.1, -0.05) is 11.6 Å². The molecule has 0 bridgehead atoms. The maximum Gasteiger partial charge on any atom is 0.164 e. The lowest BCUT2D eigenvalue weighted by atomic mass is 9.86. The minimum absolute atomic E-state index is 0.0425. The van der Waals surface area contributed by atoms with Gasteiger partial charge in [-0.25, -0.2) is 14.4 Å². The van der Waals surface area contributed by atoms with E-state index in [2.05, 4.69) is 32.1 Å². The maximum atomic E-state index is 13.5. The highest BCUT2D eigenvalue weighted by molar-refractivity contribution is 6.31. The number of methoxy groups -OCH3 is 1. The van der Waals surface area contributed by atoms with Crippen molar-refractivity contribution in [3.8, 4) is 11.5 Å². The second-order valence-electron chi connectivity index (χ2n) is 9.06. The lowest BCUT2D eigenvalue weighted by Crippen LogP contribution is -2.31. The summed E-state index contributed by atoms with van der Waals surface area (Å²) >= 11 is 5.93. The highest BCUT2D eigenvalue weighted by Crippen LogP contribution is 2.40. The third kappa shape index (κ3) is 4.55. The summed E-state index contributed by atoms with van der Waals surface area (Å²) in [5.41, 5.74) is 1.73. The van der Waals surface area contributed by atoms with Crippen molar-refractivity contribution in [2.75, 3.05) is 52.4 Å². The van der Waals surface area contributed by atoms with Crippen molar-refractivity contribution in [1.29, 1.82) is 0 Å². The molecule has 5 rings (SSSR count). The van der Waals surface area contributed by atoms with Gasteiger partial charge >= 0.3 is 0 Å². The molecule has 9 heteroatoms. The van der Waals surface area contributed by atoms with Gasteiger partial charge in [-0.15, -0.1) is 0 Å². The van der Waals surface area contributed by atoms with Gasteiger partial charge in [0.25, 0.3) is 0 Å². The number of fused-ring (bicyclic) bond motifs is 1. The fourth-order valence-electron chi connectivity index (χ4n) is 4.94. The first-order chi connectivity index (χ1) is 15.9. The van der Waals surface area contributed by atoms with Crippen LogP contribution >= 0.6 is 11.6 Å². The third-order valence-electron chi connectivity index (χ3n) is 6.65. The zero-order valence-corrected chi connectivity index (χ0v) is 19.5. The number of ether oxygens (including phenoxy) is 2. The minimum Gasteiger partial charge on any atom is -0.493 e. The molecule has 0 radical (unpaired) electrons. The van der Waals surface area contributed by atoms with Crippen LogP contribution in [-0.4, -0.2) is 66.8 Å². The number of hydrogen-bond acceptors (Lipinski definition) is 7. The average Bonchev–Trinajstić information content (AvgIpc) is 3.39. The van der Waals surface area contributed by atoms with E-state index in [4.69, 9.17) is 21.1 Å². The first-order valence-electron chi connectivity index (χ1n) is 11.0. The van der Waals surface area contributed by atoms with Gasteiger partial charge < -0.3 is 19.7 Å². The molecule has 1 unspecified atom stereocenters. The standard InChI is InChI=1S/C24H27ClFN5O2/c1-30-7-5-24(12-30)6-8-31(13-24)15-33-22-10-17-20(11-21(22)32-2)27-14-28-23(17)29-16-3-4-19(26)18(25)9-16/h3-4,9-11,14H,5-8,12-13,15H2,1-2H3,(H,27,28,29). The molecule has 2 aromatic carbocycles. The molecule has 1 spiro atoms. The number of nitrogens with zero attached hydrogens (tertiary/aromatic N) is 4. The molecule has 3 aromatic rings. The molecular weight excluding hydrogens is 445 g/mol. The van der Waals surface area contributed by atoms with E-state index < -0.39 is 5.82 Å². The van der Waals surface area contributed by atoms with Crippen LogP contribution in [0.15, 0.2) is 36.7 Å². The van der Waals surface area contributed by atoms with Crippen molar-refractivity contribution in [2.45, 2.75) is 12.8 Å². The highest BCUT2D eigenvalue weighted by atomic mass is 35.5. The molecule has 1 atom stereocenters. The summed E-state index contributed by atoms with van der Waals surface area (Å²) < 4.78 is 25.3. The molecule has 2 aliphatic rings. The number of hydrogen-bond donors (Lipinski definition) is 1. The first-order valence-corrected chi connectivity index (χ1v) is 11.4. The van der Waals surface area contributed by atoms with Crippen LogP contribution in [0.5, 0.6) is 11.5 Å². The molecular formula is C24H27ClFN5O2. The van der Waals surface area contributed by atoms with E-state index in [-0.39, 0.29) is 5.02 Å². The molecule has 3 heterocycles. The second kappa shape index (κ2) is 8.93. The van der Waals surface area contributed by atoms with Gasteiger partial charge in [-0.05, 0) is 56.1 Å². The third-order valence-corrected chi connectivity index (χ3v) is 6.94. The Bertz CT molecular complexity index is 1180. The van der Waals surface area contributed by atoms with E-state index >= 15 is 0 Å².